The highest BCUT2D eigenvalue weighted by Crippen LogP contribution is 2.35. The Bertz CT molecular complexity index is 1690. The lowest BCUT2D eigenvalue weighted by atomic mass is 9.90. The highest BCUT2D eigenvalue weighted by Gasteiger charge is 2.33. The van der Waals surface area contributed by atoms with Gasteiger partial charge in [0.05, 0.1) is 0 Å². The highest BCUT2D eigenvalue weighted by molar-refractivity contribution is 5.44. The van der Waals surface area contributed by atoms with Crippen molar-refractivity contribution in [1.82, 2.24) is 0 Å². The average molecular weight is 668 g/mol. The van der Waals surface area contributed by atoms with E-state index in [1.54, 1.807) is 6.07 Å². The van der Waals surface area contributed by atoms with Crippen LogP contribution in [0.3, 0.4) is 0 Å². The largest absolute Gasteiger partial charge is 0.488 e. The molecule has 4 aromatic carbocycles. The summed E-state index contributed by atoms with van der Waals surface area (Å²) in [7, 11) is 0. The van der Waals surface area contributed by atoms with E-state index in [2.05, 4.69) is 86.7 Å². The van der Waals surface area contributed by atoms with Crippen molar-refractivity contribution in [3.63, 3.8) is 0 Å². The maximum atomic E-state index is 10.5. The van der Waals surface area contributed by atoms with Crippen LogP contribution in [0, 0.1) is 24.7 Å². The van der Waals surface area contributed by atoms with E-state index in [1.165, 1.54) is 5.56 Å². The molecule has 0 aliphatic rings. The molecule has 0 aromatic heterocycles. The summed E-state index contributed by atoms with van der Waals surface area (Å²) in [5.74, 6) is 5.08. The molecule has 1 atom stereocenters. The van der Waals surface area contributed by atoms with Crippen LogP contribution in [0.25, 0.3) is 0 Å². The molecule has 0 N–H and O–H groups in total. The molecule has 0 aliphatic heterocycles. The molecule has 0 radical (unpaired) electrons. The van der Waals surface area contributed by atoms with Gasteiger partial charge in [-0.2, -0.15) is 0 Å². The van der Waals surface area contributed by atoms with Crippen LogP contribution in [-0.2, 0) is 0 Å². The summed E-state index contributed by atoms with van der Waals surface area (Å²) in [6.07, 6.45) is 1.63. The lowest BCUT2D eigenvalue weighted by molar-refractivity contribution is 0.00465. The molecule has 7 nitrogen and oxygen atoms in total. The van der Waals surface area contributed by atoms with Crippen LogP contribution >= 0.6 is 0 Å². The van der Waals surface area contributed by atoms with Gasteiger partial charge in [-0.3, -0.25) is 0 Å². The monoisotopic (exact) mass is 667 g/mol. The molecule has 4 rings (SSSR count). The topological polar surface area (TPSA) is 75.6 Å². The summed E-state index contributed by atoms with van der Waals surface area (Å²) >= 11 is 0. The molecule has 0 spiro atoms. The number of benzene rings is 4. The predicted octanol–water partition coefficient (Wildman–Crippen LogP) is 11.9. The lowest BCUT2D eigenvalue weighted by Gasteiger charge is -2.36. The maximum absolute atomic E-state index is 10.5. The minimum Gasteiger partial charge on any atom is -0.488 e. The highest BCUT2D eigenvalue weighted by atomic mass is 16.7. The van der Waals surface area contributed by atoms with Gasteiger partial charge in [0, 0.05) is 12.3 Å². The summed E-state index contributed by atoms with van der Waals surface area (Å²) in [6.45, 7) is 23.1. The Hall–Kier alpha value is -4.52. The van der Waals surface area contributed by atoms with Gasteiger partial charge in [-0.15, -0.1) is 4.91 Å². The molecule has 1 unspecified atom stereocenters. The Balaban J connectivity index is 1.33. The van der Waals surface area contributed by atoms with Gasteiger partial charge in [-0.1, -0.05) is 45.0 Å². The smallest absolute Gasteiger partial charge is 0.164 e. The van der Waals surface area contributed by atoms with E-state index < -0.39 is 11.2 Å². The molecular weight excluding hydrogens is 614 g/mol. The lowest BCUT2D eigenvalue weighted by Crippen LogP contribution is -2.41. The fourth-order valence-electron chi connectivity index (χ4n) is 6.68. The zero-order chi connectivity index (χ0) is 36.0. The Morgan fingerprint density at radius 1 is 0.571 bits per heavy atom. The van der Waals surface area contributed by atoms with Crippen LogP contribution in [0.2, 0.25) is 0 Å². The fraction of sp³-hybridized carbons (Fsp3) is 0.429. The second kappa shape index (κ2) is 15.4. The van der Waals surface area contributed by atoms with Crippen LogP contribution in [-0.4, -0.2) is 16.8 Å². The third kappa shape index (κ3) is 11.0. The van der Waals surface area contributed by atoms with Gasteiger partial charge in [-0.05, 0) is 151 Å². The van der Waals surface area contributed by atoms with Crippen LogP contribution in [0.4, 0.5) is 0 Å². The van der Waals surface area contributed by atoms with Gasteiger partial charge in [-0.25, -0.2) is 0 Å². The van der Waals surface area contributed by atoms with E-state index in [0.717, 1.165) is 51.9 Å². The number of hydrogen-bond donors (Lipinski definition) is 0. The Morgan fingerprint density at radius 2 is 1.00 bits per heavy atom. The molecule has 0 heterocycles. The number of nitrogens with zero attached hydrogens (tertiary/aromatic N) is 1. The van der Waals surface area contributed by atoms with Gasteiger partial charge in [0.15, 0.2) is 11.1 Å². The van der Waals surface area contributed by atoms with Crippen LogP contribution in [0.1, 0.15) is 103 Å². The molecule has 262 valence electrons. The van der Waals surface area contributed by atoms with Crippen LogP contribution < -0.4 is 23.8 Å². The van der Waals surface area contributed by atoms with E-state index in [-0.39, 0.29) is 11.5 Å². The summed E-state index contributed by atoms with van der Waals surface area (Å²) in [5, 5.41) is 2.54. The number of ether oxygens (including phenoxy) is 4. The zero-order valence-electron chi connectivity index (χ0n) is 31.0. The minimum absolute atomic E-state index is 0.147. The van der Waals surface area contributed by atoms with Crippen molar-refractivity contribution in [2.45, 2.75) is 112 Å². The summed E-state index contributed by atoms with van der Waals surface area (Å²) in [5.41, 5.74) is 3.00. The number of rotatable bonds is 16. The van der Waals surface area contributed by atoms with Crippen LogP contribution in [0.15, 0.2) is 90.3 Å². The van der Waals surface area contributed by atoms with E-state index in [1.807, 2.05) is 73.7 Å². The number of aryl methyl sites for hydroxylation is 2. The van der Waals surface area contributed by atoms with Crippen molar-refractivity contribution >= 4 is 0 Å². The molecule has 0 saturated carbocycles. The third-order valence-corrected chi connectivity index (χ3v) is 8.34. The van der Waals surface area contributed by atoms with E-state index >= 15 is 0 Å². The van der Waals surface area contributed by atoms with Gasteiger partial charge in [0.2, 0.25) is 0 Å². The SMILES string of the molecule is Cc1cc(C(C)c2ccc(OC(C)(C)CC(C)(C)Oc3ccc(Oc4ccc(OC(C)(C)CC(C)C)cc4)cc3)c(C)c2)ccc1ON=O. The second-order valence-electron chi connectivity index (χ2n) is 15.3. The van der Waals surface area contributed by atoms with E-state index in [4.69, 9.17) is 23.8 Å². The summed E-state index contributed by atoms with van der Waals surface area (Å²) < 4.78 is 25.3. The molecule has 0 bridgehead atoms. The molecule has 0 saturated heterocycles. The van der Waals surface area contributed by atoms with Crippen molar-refractivity contribution in [3.8, 4) is 34.5 Å². The van der Waals surface area contributed by atoms with Gasteiger partial charge < -0.3 is 23.8 Å². The van der Waals surface area contributed by atoms with Gasteiger partial charge in [0.25, 0.3) is 0 Å². The van der Waals surface area contributed by atoms with Crippen molar-refractivity contribution < 1.29 is 23.8 Å². The first-order valence-electron chi connectivity index (χ1n) is 17.1. The standard InChI is InChI=1S/C42H53NO6/c1-28(2)26-40(6,7)46-36-18-14-34(15-19-36)45-35-16-20-37(21-17-35)47-41(8,9)27-42(10,11)48-38-22-12-32(24-29(38)3)31(5)33-13-23-39(49-43-44)30(4)25-33/h12-25,28,31H,26-27H2,1-11H3. The normalized spacial score (nSPS) is 12.7. The van der Waals surface area contributed by atoms with E-state index in [9.17, 15) is 4.91 Å². The fourth-order valence-corrected chi connectivity index (χ4v) is 6.68. The Morgan fingerprint density at radius 3 is 1.45 bits per heavy atom. The quantitative estimate of drug-likeness (QED) is 0.0874. The van der Waals surface area contributed by atoms with Gasteiger partial charge >= 0.3 is 0 Å². The van der Waals surface area contributed by atoms with Crippen molar-refractivity contribution in [2.24, 2.45) is 11.3 Å². The van der Waals surface area contributed by atoms with Crippen molar-refractivity contribution in [3.05, 3.63) is 112 Å². The minimum atomic E-state index is -0.499. The third-order valence-electron chi connectivity index (χ3n) is 8.34. The summed E-state index contributed by atoms with van der Waals surface area (Å²) in [6, 6.07) is 27.6. The van der Waals surface area contributed by atoms with Gasteiger partial charge in [0.1, 0.15) is 45.6 Å². The predicted molar refractivity (Wildman–Crippen MR) is 197 cm³/mol. The Labute approximate surface area is 292 Å². The molecule has 0 fully saturated rings. The van der Waals surface area contributed by atoms with Crippen molar-refractivity contribution in [1.29, 1.82) is 0 Å². The average Bonchev–Trinajstić information content (AvgIpc) is 2.99. The first-order valence-corrected chi connectivity index (χ1v) is 17.1. The second-order valence-corrected chi connectivity index (χ2v) is 15.3. The van der Waals surface area contributed by atoms with Crippen LogP contribution in [0.5, 0.6) is 34.5 Å². The first-order chi connectivity index (χ1) is 22.9. The number of hydrogen-bond acceptors (Lipinski definition) is 7. The molecule has 0 amide bonds. The van der Waals surface area contributed by atoms with Crippen molar-refractivity contribution in [2.75, 3.05) is 0 Å². The molecule has 0 aliphatic carbocycles. The first kappa shape index (κ1) is 37.3. The maximum Gasteiger partial charge on any atom is 0.164 e. The molecular formula is C42H53NO6. The molecule has 7 heteroatoms. The summed E-state index contributed by atoms with van der Waals surface area (Å²) in [4.78, 5) is 15.3. The molecule has 49 heavy (non-hydrogen) atoms. The molecule has 4 aromatic rings. The Kier molecular flexibility index (Phi) is 11.7. The zero-order valence-corrected chi connectivity index (χ0v) is 31.0. The van der Waals surface area contributed by atoms with E-state index in [0.29, 0.717) is 18.1 Å².